The Bertz CT molecular complexity index is 428. The van der Waals surface area contributed by atoms with Crippen molar-refractivity contribution in [3.05, 3.63) is 30.3 Å². The number of aromatic nitrogens is 3. The third kappa shape index (κ3) is 2.40. The lowest BCUT2D eigenvalue weighted by Crippen LogP contribution is -1.99. The Morgan fingerprint density at radius 2 is 2.29 bits per heavy atom. The van der Waals surface area contributed by atoms with Crippen LogP contribution < -0.4 is 4.84 Å². The van der Waals surface area contributed by atoms with Gasteiger partial charge in [0.2, 0.25) is 8.08 Å². The van der Waals surface area contributed by atoms with E-state index in [9.17, 15) is 4.89 Å². The normalized spacial score (nSPS) is 12.2. The molecular weight excluding hydrogens is 239 g/mol. The Labute approximate surface area is 84.7 Å². The van der Waals surface area contributed by atoms with Crippen LogP contribution in [0, 0.1) is 0 Å². The van der Waals surface area contributed by atoms with Gasteiger partial charge in [0, 0.05) is 8.51 Å². The molecule has 2 aromatic rings. The molecule has 0 aliphatic rings. The summed E-state index contributed by atoms with van der Waals surface area (Å²) < 4.78 is 8.30. The van der Waals surface area contributed by atoms with Crippen molar-refractivity contribution in [3.8, 4) is 5.75 Å². The van der Waals surface area contributed by atoms with E-state index in [2.05, 4.69) is 9.02 Å². The van der Waals surface area contributed by atoms with E-state index in [1.165, 1.54) is 4.26 Å². The fourth-order valence-electron chi connectivity index (χ4n) is 0.841. The number of benzene rings is 1. The zero-order valence-electron chi connectivity index (χ0n) is 7.03. The first-order valence-corrected chi connectivity index (χ1v) is 6.79. The molecule has 2 rings (SSSR count). The molecule has 8 heteroatoms. The molecule has 14 heavy (non-hydrogen) atoms. The van der Waals surface area contributed by atoms with E-state index in [4.69, 9.17) is 4.84 Å². The lowest BCUT2D eigenvalue weighted by atomic mass is 10.3. The maximum absolute atomic E-state index is 9.52. The first kappa shape index (κ1) is 9.82. The zero-order valence-corrected chi connectivity index (χ0v) is 9.82. The molecule has 2 atom stereocenters. The van der Waals surface area contributed by atoms with Crippen LogP contribution in [0.3, 0.4) is 0 Å². The third-order valence-electron chi connectivity index (χ3n) is 1.41. The number of para-hydroxylation sites is 1. The lowest BCUT2D eigenvalue weighted by Gasteiger charge is -2.07. The summed E-state index contributed by atoms with van der Waals surface area (Å²) in [6.45, 7) is 0. The highest BCUT2D eigenvalue weighted by Crippen LogP contribution is 2.24. The summed E-state index contributed by atoms with van der Waals surface area (Å²) in [6.07, 6.45) is 0. The van der Waals surface area contributed by atoms with Crippen LogP contribution in [0.5, 0.6) is 5.75 Å². The standard InChI is InChI=1S/C6H8N3O2P3/c10-14-8-12-7-13-9(14)11-6-4-2-1-3-5-6/h1-5,8,10,12H. The molecule has 0 spiro atoms. The van der Waals surface area contributed by atoms with Crippen molar-refractivity contribution in [1.29, 1.82) is 0 Å². The quantitative estimate of drug-likeness (QED) is 0.856. The summed E-state index contributed by atoms with van der Waals surface area (Å²) >= 11 is 0. The number of H-pyrrole nitrogens is 1. The Morgan fingerprint density at radius 3 is 3.00 bits per heavy atom. The minimum Gasteiger partial charge on any atom is -0.364 e. The van der Waals surface area contributed by atoms with E-state index >= 15 is 0 Å². The largest absolute Gasteiger partial charge is 0.364 e. The van der Waals surface area contributed by atoms with Crippen LogP contribution >= 0.6 is 25.1 Å². The molecule has 1 aromatic carbocycles. The molecule has 0 radical (unpaired) electrons. The van der Waals surface area contributed by atoms with Gasteiger partial charge in [0.25, 0.3) is 0 Å². The smallest absolute Gasteiger partial charge is 0.215 e. The number of nitrogens with one attached hydrogen (secondary N) is 1. The van der Waals surface area contributed by atoms with E-state index < -0.39 is 8.08 Å². The first-order valence-electron chi connectivity index (χ1n) is 3.79. The van der Waals surface area contributed by atoms with Gasteiger partial charge in [0.1, 0.15) is 0 Å². The van der Waals surface area contributed by atoms with Gasteiger partial charge in [-0.2, -0.15) is 4.51 Å². The van der Waals surface area contributed by atoms with Crippen molar-refractivity contribution in [2.45, 2.75) is 0 Å². The Morgan fingerprint density at radius 1 is 1.50 bits per heavy atom. The number of hydrogen-bond acceptors (Lipinski definition) is 3. The molecule has 0 saturated carbocycles. The molecule has 1 aromatic heterocycles. The van der Waals surface area contributed by atoms with Crippen LogP contribution in [0.15, 0.2) is 30.3 Å². The highest BCUT2D eigenvalue weighted by atomic mass is 31.2. The fourth-order valence-corrected chi connectivity index (χ4v) is 3.98. The van der Waals surface area contributed by atoms with E-state index in [0.717, 1.165) is 0 Å². The second-order valence-electron chi connectivity index (χ2n) is 2.36. The molecule has 1 heterocycles. The second kappa shape index (κ2) is 4.68. The molecule has 0 amide bonds. The van der Waals surface area contributed by atoms with Crippen LogP contribution in [0.25, 0.3) is 0 Å². The Hall–Kier alpha value is -0.720. The molecule has 0 bridgehead atoms. The number of hydrogen-bond donors (Lipinski definition) is 2. The van der Waals surface area contributed by atoms with Crippen LogP contribution in [-0.4, -0.2) is 18.2 Å². The van der Waals surface area contributed by atoms with Crippen LogP contribution in [0.1, 0.15) is 0 Å². The molecule has 0 fully saturated rings. The Balaban J connectivity index is 2.24. The maximum atomic E-state index is 9.52. The molecule has 2 unspecified atom stereocenters. The molecule has 5 nitrogen and oxygen atoms in total. The first-order chi connectivity index (χ1) is 6.86. The summed E-state index contributed by atoms with van der Waals surface area (Å²) in [5.41, 5.74) is 0. The molecule has 74 valence electrons. The van der Waals surface area contributed by atoms with Crippen LogP contribution in [-0.2, 0) is 0 Å². The van der Waals surface area contributed by atoms with Gasteiger partial charge in [0.15, 0.2) is 14.3 Å². The van der Waals surface area contributed by atoms with Crippen LogP contribution in [0.4, 0.5) is 0 Å². The predicted octanol–water partition coefficient (Wildman–Crippen LogP) is 2.53. The Kier molecular flexibility index (Phi) is 3.28. The van der Waals surface area contributed by atoms with Gasteiger partial charge in [-0.3, -0.25) is 4.51 Å². The summed E-state index contributed by atoms with van der Waals surface area (Å²) in [5.74, 6) is 0.698. The van der Waals surface area contributed by atoms with E-state index in [0.29, 0.717) is 14.3 Å². The minimum atomic E-state index is -1.41. The van der Waals surface area contributed by atoms with Gasteiger partial charge in [0.05, 0.1) is 0 Å². The van der Waals surface area contributed by atoms with Gasteiger partial charge >= 0.3 is 0 Å². The van der Waals surface area contributed by atoms with Crippen molar-refractivity contribution >= 4 is 25.1 Å². The van der Waals surface area contributed by atoms with E-state index in [1.807, 2.05) is 30.3 Å². The summed E-state index contributed by atoms with van der Waals surface area (Å²) in [5, 5.41) is 0. The predicted molar refractivity (Wildman–Crippen MR) is 59.0 cm³/mol. The van der Waals surface area contributed by atoms with Crippen molar-refractivity contribution in [2.75, 3.05) is 0 Å². The monoisotopic (exact) mass is 247 g/mol. The molecule has 0 aliphatic carbocycles. The minimum absolute atomic E-state index is 0.248. The van der Waals surface area contributed by atoms with E-state index in [-0.39, 0.29) is 8.51 Å². The van der Waals surface area contributed by atoms with Crippen LogP contribution in [0.2, 0.25) is 0 Å². The SMILES string of the molecule is Op1[nH][pH]npn1Oc1ccccc1. The number of nitrogens with zero attached hydrogens (tertiary/aromatic N) is 2. The average Bonchev–Trinajstić information content (AvgIpc) is 2.23. The van der Waals surface area contributed by atoms with Gasteiger partial charge in [-0.15, -0.1) is 0 Å². The molecule has 0 aliphatic heterocycles. The number of aromatic amines is 1. The van der Waals surface area contributed by atoms with Crippen molar-refractivity contribution in [1.82, 2.24) is 13.3 Å². The third-order valence-corrected chi connectivity index (χ3v) is 4.76. The van der Waals surface area contributed by atoms with Gasteiger partial charge in [-0.05, 0) is 12.1 Å². The van der Waals surface area contributed by atoms with Gasteiger partial charge in [-0.1, -0.05) is 22.5 Å². The fraction of sp³-hybridized carbons (Fsp3) is 0. The second-order valence-corrected chi connectivity index (χ2v) is 6.08. The number of rotatable bonds is 2. The topological polar surface area (TPSA) is 63.1 Å². The maximum Gasteiger partial charge on any atom is 0.215 e. The van der Waals surface area contributed by atoms with Crippen molar-refractivity contribution in [2.24, 2.45) is 0 Å². The lowest BCUT2D eigenvalue weighted by molar-refractivity contribution is 0.267. The summed E-state index contributed by atoms with van der Waals surface area (Å²) in [7, 11) is -0.516. The average molecular weight is 247 g/mol. The summed E-state index contributed by atoms with van der Waals surface area (Å²) in [6, 6.07) is 9.32. The van der Waals surface area contributed by atoms with Gasteiger partial charge < -0.3 is 9.73 Å². The van der Waals surface area contributed by atoms with Crippen molar-refractivity contribution in [3.63, 3.8) is 0 Å². The zero-order chi connectivity index (χ0) is 9.80. The molecule has 0 saturated heterocycles. The molecular formula is C6H8N3O2P3. The van der Waals surface area contributed by atoms with Crippen molar-refractivity contribution < 1.29 is 9.73 Å². The highest BCUT2D eigenvalue weighted by Gasteiger charge is 1.97. The van der Waals surface area contributed by atoms with E-state index in [1.54, 1.807) is 0 Å². The molecule has 2 N–H and O–H groups in total. The van der Waals surface area contributed by atoms with Gasteiger partial charge in [-0.25, -0.2) is 0 Å². The summed E-state index contributed by atoms with van der Waals surface area (Å²) in [4.78, 5) is 14.9. The highest BCUT2D eigenvalue weighted by molar-refractivity contribution is 7.50.